The highest BCUT2D eigenvalue weighted by Gasteiger charge is 2.43. The van der Waals surface area contributed by atoms with Gasteiger partial charge in [-0.05, 0) is 106 Å². The first-order chi connectivity index (χ1) is 24.9. The number of likely N-dealkylation sites (N-methyl/N-ethyl adjacent to an activating group) is 2. The first kappa shape index (κ1) is 37.9. The van der Waals surface area contributed by atoms with Crippen molar-refractivity contribution in [1.82, 2.24) is 9.80 Å². The molecule has 0 saturated carbocycles. The number of benzene rings is 2. The summed E-state index contributed by atoms with van der Waals surface area (Å²) in [5.41, 5.74) is 21.9. The Balaban J connectivity index is 0.000000151. The summed E-state index contributed by atoms with van der Waals surface area (Å²) in [5.74, 6) is -0.698. The Hall–Kier alpha value is -3.87. The summed E-state index contributed by atoms with van der Waals surface area (Å²) in [5, 5.41) is 1.88. The molecule has 4 aromatic rings. The van der Waals surface area contributed by atoms with Gasteiger partial charge in [0.25, 0.3) is 5.91 Å². The van der Waals surface area contributed by atoms with E-state index in [1.54, 1.807) is 59.1 Å². The lowest BCUT2D eigenvalue weighted by atomic mass is 9.94. The Bertz CT molecular complexity index is 2040. The fourth-order valence-corrected chi connectivity index (χ4v) is 10.9. The Labute approximate surface area is 320 Å². The summed E-state index contributed by atoms with van der Waals surface area (Å²) < 4.78 is 0. The van der Waals surface area contributed by atoms with Crippen LogP contribution in [0, 0.1) is 0 Å². The number of hydrogen-bond acceptors (Lipinski definition) is 10. The van der Waals surface area contributed by atoms with Crippen molar-refractivity contribution in [3.05, 3.63) is 101 Å². The molecule has 2 aromatic carbocycles. The number of aliphatic imine (C=N–C) groups is 1. The summed E-state index contributed by atoms with van der Waals surface area (Å²) in [4.78, 5) is 57.5. The van der Waals surface area contributed by atoms with Gasteiger partial charge in [0.15, 0.2) is 0 Å². The standard InChI is InChI=1S/C20H21ClN2O2S.C11H15N3OS.C7H4ClNO/c1-23-13-6-7-15(23)18-16(9-13)26-17(19(18)20(22)25)10-14(24)8-11-2-4-12(21)5-3-11;1-14-5-2-3-6(14)8-7(4-5)16-11(13)9(8)10(12)15;8-6-1-3-7(4-2-6)9-5-10/h2-5,13,15H,6-10H2,1H3,(H2,22,25);5-6H,2-4,13H2,1H3,(H2,12,15);1-4H. The Morgan fingerprint density at radius 2 is 1.27 bits per heavy atom. The molecule has 2 saturated heterocycles. The molecule has 6 N–H and O–H groups in total. The number of thiophene rings is 2. The van der Waals surface area contributed by atoms with E-state index in [1.165, 1.54) is 22.3 Å². The minimum atomic E-state index is -0.407. The number of nitrogens with zero attached hydrogens (tertiary/aromatic N) is 3. The zero-order valence-corrected chi connectivity index (χ0v) is 32.0. The van der Waals surface area contributed by atoms with E-state index in [4.69, 9.17) is 40.4 Å². The van der Waals surface area contributed by atoms with Crippen molar-refractivity contribution < 1.29 is 19.2 Å². The number of hydrogen-bond donors (Lipinski definition) is 3. The maximum atomic E-state index is 12.6. The van der Waals surface area contributed by atoms with Gasteiger partial charge in [0.2, 0.25) is 12.0 Å². The Kier molecular flexibility index (Phi) is 11.7. The quantitative estimate of drug-likeness (QED) is 0.135. The van der Waals surface area contributed by atoms with E-state index in [1.807, 2.05) is 12.1 Å². The number of carbonyl (C=O) groups is 3. The van der Waals surface area contributed by atoms with E-state index in [-0.39, 0.29) is 24.2 Å². The monoisotopic (exact) mass is 778 g/mol. The van der Waals surface area contributed by atoms with Crippen molar-refractivity contribution in [2.24, 2.45) is 16.5 Å². The van der Waals surface area contributed by atoms with Crippen LogP contribution < -0.4 is 17.2 Å². The Morgan fingerprint density at radius 1 is 0.769 bits per heavy atom. The number of halogens is 2. The van der Waals surface area contributed by atoms with E-state index in [0.29, 0.717) is 56.4 Å². The van der Waals surface area contributed by atoms with Gasteiger partial charge < -0.3 is 17.2 Å². The second kappa shape index (κ2) is 16.0. The molecule has 0 radical (unpaired) electrons. The number of anilines is 1. The Morgan fingerprint density at radius 3 is 1.79 bits per heavy atom. The lowest BCUT2D eigenvalue weighted by Gasteiger charge is -2.31. The number of fused-ring (bicyclic) bond motifs is 8. The number of primary amides is 2. The van der Waals surface area contributed by atoms with Crippen molar-refractivity contribution in [2.45, 2.75) is 75.5 Å². The summed E-state index contributed by atoms with van der Waals surface area (Å²) >= 11 is 14.6. The van der Waals surface area contributed by atoms with E-state index in [9.17, 15) is 19.2 Å². The molecule has 4 aliphatic rings. The summed E-state index contributed by atoms with van der Waals surface area (Å²) in [7, 11) is 4.25. The van der Waals surface area contributed by atoms with Gasteiger partial charge in [-0.1, -0.05) is 35.3 Å². The molecule has 2 fully saturated rings. The number of nitrogens with two attached hydrogens (primary N) is 3. The van der Waals surface area contributed by atoms with Gasteiger partial charge in [0.05, 0.1) is 21.8 Å². The number of isocyanates is 1. The van der Waals surface area contributed by atoms with Gasteiger partial charge in [0.1, 0.15) is 5.78 Å². The molecule has 10 nitrogen and oxygen atoms in total. The smallest absolute Gasteiger partial charge is 0.252 e. The molecule has 6 heterocycles. The third-order valence-corrected chi connectivity index (χ3v) is 13.3. The highest BCUT2D eigenvalue weighted by molar-refractivity contribution is 7.16. The van der Waals surface area contributed by atoms with Crippen LogP contribution in [0.2, 0.25) is 10.0 Å². The van der Waals surface area contributed by atoms with Gasteiger partial charge in [0, 0.05) is 61.7 Å². The molecule has 4 bridgehead atoms. The summed E-state index contributed by atoms with van der Waals surface area (Å²) in [6.45, 7) is 0. The first-order valence-corrected chi connectivity index (χ1v) is 19.4. The summed E-state index contributed by atoms with van der Waals surface area (Å²) in [6, 6.07) is 15.7. The molecule has 2 amide bonds. The van der Waals surface area contributed by atoms with E-state index in [0.717, 1.165) is 53.7 Å². The van der Waals surface area contributed by atoms with Crippen LogP contribution in [0.3, 0.4) is 0 Å². The molecule has 2 aromatic heterocycles. The maximum Gasteiger partial charge on any atom is 0.252 e. The van der Waals surface area contributed by atoms with E-state index in [2.05, 4.69) is 28.9 Å². The molecule has 272 valence electrons. The largest absolute Gasteiger partial charge is 0.390 e. The van der Waals surface area contributed by atoms with Gasteiger partial charge in [-0.2, -0.15) is 4.99 Å². The maximum absolute atomic E-state index is 12.6. The van der Waals surface area contributed by atoms with Crippen LogP contribution in [0.5, 0.6) is 0 Å². The number of amides is 2. The molecule has 8 rings (SSSR count). The van der Waals surface area contributed by atoms with Gasteiger partial charge >= 0.3 is 0 Å². The third kappa shape index (κ3) is 7.89. The normalized spacial score (nSPS) is 21.1. The van der Waals surface area contributed by atoms with Crippen LogP contribution in [0.25, 0.3) is 0 Å². The lowest BCUT2D eigenvalue weighted by Crippen LogP contribution is -2.34. The molecule has 4 unspecified atom stereocenters. The molecular formula is C38H40Cl2N6O4S2. The average molecular weight is 780 g/mol. The zero-order chi connectivity index (χ0) is 37.3. The van der Waals surface area contributed by atoms with Crippen LogP contribution in [0.4, 0.5) is 10.7 Å². The second-order valence-electron chi connectivity index (χ2n) is 13.6. The minimum Gasteiger partial charge on any atom is -0.390 e. The van der Waals surface area contributed by atoms with Crippen LogP contribution >= 0.6 is 45.9 Å². The zero-order valence-electron chi connectivity index (χ0n) is 28.9. The first-order valence-electron chi connectivity index (χ1n) is 17.0. The number of ketones is 1. The predicted octanol–water partition coefficient (Wildman–Crippen LogP) is 6.97. The molecule has 4 aliphatic heterocycles. The fraction of sp³-hybridized carbons (Fsp3) is 0.368. The molecule has 52 heavy (non-hydrogen) atoms. The highest BCUT2D eigenvalue weighted by atomic mass is 35.5. The number of nitrogen functional groups attached to an aromatic ring is 1. The third-order valence-electron chi connectivity index (χ3n) is 10.5. The SMILES string of the molecule is CN1C2CCC1c1c(sc(CC(=O)Cc3ccc(Cl)cc3)c1C(N)=O)C2.CN1C2CCC1c1c(sc(N)c1C(N)=O)C2.O=C=Nc1ccc(Cl)cc1. The fourth-order valence-electron chi connectivity index (χ4n) is 7.99. The lowest BCUT2D eigenvalue weighted by molar-refractivity contribution is -0.117. The summed E-state index contributed by atoms with van der Waals surface area (Å²) in [6.07, 6.45) is 8.55. The molecule has 0 aliphatic carbocycles. The van der Waals surface area contributed by atoms with Crippen molar-refractivity contribution in [1.29, 1.82) is 0 Å². The van der Waals surface area contributed by atoms with E-state index < -0.39 is 5.91 Å². The number of Topliss-reactive ketones (excluding diaryl/α,β-unsaturated/α-hetero) is 1. The topological polar surface area (TPSA) is 165 Å². The van der Waals surface area contributed by atoms with Gasteiger partial charge in [-0.15, -0.1) is 22.7 Å². The highest BCUT2D eigenvalue weighted by Crippen LogP contribution is 2.49. The van der Waals surface area contributed by atoms with Crippen molar-refractivity contribution in [2.75, 3.05) is 19.8 Å². The average Bonchev–Trinajstić information content (AvgIpc) is 3.77. The van der Waals surface area contributed by atoms with Gasteiger partial charge in [-0.3, -0.25) is 24.2 Å². The number of carbonyl (C=O) groups excluding carboxylic acids is 4. The number of rotatable bonds is 7. The molecule has 0 spiro atoms. The predicted molar refractivity (Wildman–Crippen MR) is 208 cm³/mol. The van der Waals surface area contributed by atoms with Crippen LogP contribution in [0.1, 0.15) is 89.8 Å². The second-order valence-corrected chi connectivity index (χ2v) is 16.8. The van der Waals surface area contributed by atoms with E-state index >= 15 is 0 Å². The van der Waals surface area contributed by atoms with Crippen LogP contribution in [0.15, 0.2) is 53.5 Å². The van der Waals surface area contributed by atoms with Gasteiger partial charge in [-0.25, -0.2) is 4.79 Å². The van der Waals surface area contributed by atoms with Crippen molar-refractivity contribution in [3.63, 3.8) is 0 Å². The van der Waals surface area contributed by atoms with Crippen molar-refractivity contribution in [3.8, 4) is 0 Å². The minimum absolute atomic E-state index is 0.0898. The van der Waals surface area contributed by atoms with Crippen LogP contribution in [-0.2, 0) is 35.3 Å². The van der Waals surface area contributed by atoms with Crippen molar-refractivity contribution >= 4 is 80.2 Å². The molecular weight excluding hydrogens is 739 g/mol. The molecule has 4 atom stereocenters. The van der Waals surface area contributed by atoms with Crippen LogP contribution in [-0.4, -0.2) is 59.7 Å². The molecule has 14 heteroatoms.